The van der Waals surface area contributed by atoms with Gasteiger partial charge in [0.25, 0.3) is 0 Å². The maximum atomic E-state index is 8.72. The third-order valence-electron chi connectivity index (χ3n) is 2.28. The molecule has 5 heteroatoms. The van der Waals surface area contributed by atoms with Crippen LogP contribution in [-0.2, 0) is 6.54 Å². The number of anilines is 2. The molecule has 0 unspecified atom stereocenters. The Hall–Kier alpha value is -2.61. The number of nitrogens with one attached hydrogen (secondary N) is 1. The lowest BCUT2D eigenvalue weighted by atomic mass is 10.2. The quantitative estimate of drug-likeness (QED) is 0.773. The number of benzene rings is 1. The van der Waals surface area contributed by atoms with Crippen LogP contribution in [0.5, 0.6) is 0 Å². The fourth-order valence-electron chi connectivity index (χ4n) is 1.40. The van der Waals surface area contributed by atoms with Crippen molar-refractivity contribution in [3.8, 4) is 6.07 Å². The summed E-state index contributed by atoms with van der Waals surface area (Å²) in [5.41, 5.74) is 8.59. The van der Waals surface area contributed by atoms with Gasteiger partial charge in [-0.25, -0.2) is 9.97 Å². The Morgan fingerprint density at radius 3 is 2.88 bits per heavy atom. The topological polar surface area (TPSA) is 87.6 Å². The zero-order valence-corrected chi connectivity index (χ0v) is 9.09. The first-order valence-corrected chi connectivity index (χ1v) is 5.08. The minimum absolute atomic E-state index is 0.551. The molecule has 1 heterocycles. The first-order valence-electron chi connectivity index (χ1n) is 5.08. The standard InChI is InChI=1S/C12H11N5/c13-6-9-1-2-12(11(14)5-9)16-7-10-3-4-15-8-17-10/h1-5,8,16H,7,14H2. The molecule has 0 aliphatic carbocycles. The highest BCUT2D eigenvalue weighted by molar-refractivity contribution is 5.68. The van der Waals surface area contributed by atoms with Gasteiger partial charge in [-0.05, 0) is 24.3 Å². The molecule has 17 heavy (non-hydrogen) atoms. The fraction of sp³-hybridized carbons (Fsp3) is 0.0833. The van der Waals surface area contributed by atoms with E-state index in [2.05, 4.69) is 15.3 Å². The molecule has 2 rings (SSSR count). The van der Waals surface area contributed by atoms with Crippen LogP contribution in [-0.4, -0.2) is 9.97 Å². The first kappa shape index (κ1) is 10.9. The highest BCUT2D eigenvalue weighted by Gasteiger charge is 2.00. The minimum atomic E-state index is 0.551. The van der Waals surface area contributed by atoms with Gasteiger partial charge in [0.1, 0.15) is 6.33 Å². The molecular weight excluding hydrogens is 214 g/mol. The van der Waals surface area contributed by atoms with Crippen LogP contribution in [0.15, 0.2) is 36.8 Å². The van der Waals surface area contributed by atoms with Crippen molar-refractivity contribution in [1.29, 1.82) is 5.26 Å². The zero-order chi connectivity index (χ0) is 12.1. The third kappa shape index (κ3) is 2.69. The molecule has 1 aromatic heterocycles. The van der Waals surface area contributed by atoms with Crippen LogP contribution in [0.1, 0.15) is 11.3 Å². The number of hydrogen-bond donors (Lipinski definition) is 2. The molecule has 0 amide bonds. The highest BCUT2D eigenvalue weighted by atomic mass is 14.9. The van der Waals surface area contributed by atoms with E-state index in [1.807, 2.05) is 12.1 Å². The van der Waals surface area contributed by atoms with Gasteiger partial charge in [0.05, 0.1) is 35.2 Å². The molecule has 0 spiro atoms. The van der Waals surface area contributed by atoms with E-state index < -0.39 is 0 Å². The summed E-state index contributed by atoms with van der Waals surface area (Å²) in [6.07, 6.45) is 3.19. The van der Waals surface area contributed by atoms with E-state index in [4.69, 9.17) is 11.0 Å². The number of aromatic nitrogens is 2. The van der Waals surface area contributed by atoms with Crippen LogP contribution in [0, 0.1) is 11.3 Å². The molecule has 0 saturated heterocycles. The zero-order valence-electron chi connectivity index (χ0n) is 9.09. The lowest BCUT2D eigenvalue weighted by molar-refractivity contribution is 1.01. The predicted molar refractivity (Wildman–Crippen MR) is 64.9 cm³/mol. The number of nitrogen functional groups attached to an aromatic ring is 1. The van der Waals surface area contributed by atoms with E-state index in [1.165, 1.54) is 6.33 Å². The average molecular weight is 225 g/mol. The number of hydrogen-bond acceptors (Lipinski definition) is 5. The third-order valence-corrected chi connectivity index (χ3v) is 2.28. The Kier molecular flexibility index (Phi) is 3.17. The van der Waals surface area contributed by atoms with Crippen LogP contribution in [0.3, 0.4) is 0 Å². The van der Waals surface area contributed by atoms with Crippen LogP contribution >= 0.6 is 0 Å². The summed E-state index contributed by atoms with van der Waals surface area (Å²) in [5.74, 6) is 0. The van der Waals surface area contributed by atoms with Crippen molar-refractivity contribution in [2.75, 3.05) is 11.1 Å². The molecule has 5 nitrogen and oxygen atoms in total. The highest BCUT2D eigenvalue weighted by Crippen LogP contribution is 2.19. The summed E-state index contributed by atoms with van der Waals surface area (Å²) >= 11 is 0. The normalized spacial score (nSPS) is 9.59. The molecule has 0 radical (unpaired) electrons. The molecule has 1 aromatic carbocycles. The van der Waals surface area contributed by atoms with E-state index in [0.717, 1.165) is 11.4 Å². The van der Waals surface area contributed by atoms with Gasteiger partial charge in [-0.15, -0.1) is 0 Å². The largest absolute Gasteiger partial charge is 0.397 e. The maximum Gasteiger partial charge on any atom is 0.115 e. The van der Waals surface area contributed by atoms with Crippen LogP contribution in [0.2, 0.25) is 0 Å². The smallest absolute Gasteiger partial charge is 0.115 e. The van der Waals surface area contributed by atoms with Crippen molar-refractivity contribution in [3.05, 3.63) is 48.0 Å². The molecule has 0 aliphatic rings. The SMILES string of the molecule is N#Cc1ccc(NCc2ccncn2)c(N)c1. The van der Waals surface area contributed by atoms with Crippen molar-refractivity contribution < 1.29 is 0 Å². The van der Waals surface area contributed by atoms with E-state index in [0.29, 0.717) is 17.8 Å². The van der Waals surface area contributed by atoms with Gasteiger partial charge in [0.2, 0.25) is 0 Å². The van der Waals surface area contributed by atoms with Gasteiger partial charge in [0, 0.05) is 6.20 Å². The average Bonchev–Trinajstić information content (AvgIpc) is 2.38. The Balaban J connectivity index is 2.08. The van der Waals surface area contributed by atoms with Gasteiger partial charge in [0.15, 0.2) is 0 Å². The van der Waals surface area contributed by atoms with Crippen molar-refractivity contribution in [2.24, 2.45) is 0 Å². The molecule has 0 atom stereocenters. The van der Waals surface area contributed by atoms with Crippen molar-refractivity contribution in [2.45, 2.75) is 6.54 Å². The minimum Gasteiger partial charge on any atom is -0.397 e. The molecule has 84 valence electrons. The Bertz CT molecular complexity index is 545. The predicted octanol–water partition coefficient (Wildman–Crippen LogP) is 1.54. The Labute approximate surface area is 98.9 Å². The molecule has 0 saturated carbocycles. The molecule has 2 aromatic rings. The Morgan fingerprint density at radius 1 is 1.35 bits per heavy atom. The summed E-state index contributed by atoms with van der Waals surface area (Å²) in [6.45, 7) is 0.568. The van der Waals surface area contributed by atoms with Crippen molar-refractivity contribution >= 4 is 11.4 Å². The van der Waals surface area contributed by atoms with Crippen molar-refractivity contribution in [3.63, 3.8) is 0 Å². The van der Waals surface area contributed by atoms with Crippen LogP contribution in [0.25, 0.3) is 0 Å². The van der Waals surface area contributed by atoms with Crippen LogP contribution in [0.4, 0.5) is 11.4 Å². The summed E-state index contributed by atoms with van der Waals surface area (Å²) in [6, 6.07) is 9.02. The van der Waals surface area contributed by atoms with Gasteiger partial charge in [-0.2, -0.15) is 5.26 Å². The number of nitrogens with two attached hydrogens (primary N) is 1. The van der Waals surface area contributed by atoms with Gasteiger partial charge < -0.3 is 11.1 Å². The molecule has 0 bridgehead atoms. The lowest BCUT2D eigenvalue weighted by Crippen LogP contribution is -2.04. The van der Waals surface area contributed by atoms with E-state index in [9.17, 15) is 0 Å². The lowest BCUT2D eigenvalue weighted by Gasteiger charge is -2.08. The number of nitrogens with zero attached hydrogens (tertiary/aromatic N) is 3. The van der Waals surface area contributed by atoms with E-state index in [-0.39, 0.29) is 0 Å². The second-order valence-corrected chi connectivity index (χ2v) is 3.47. The van der Waals surface area contributed by atoms with Gasteiger partial charge in [-0.3, -0.25) is 0 Å². The maximum absolute atomic E-state index is 8.72. The summed E-state index contributed by atoms with van der Waals surface area (Å²) in [5, 5.41) is 11.9. The summed E-state index contributed by atoms with van der Waals surface area (Å²) < 4.78 is 0. The summed E-state index contributed by atoms with van der Waals surface area (Å²) in [4.78, 5) is 7.93. The Morgan fingerprint density at radius 2 is 2.24 bits per heavy atom. The van der Waals surface area contributed by atoms with E-state index in [1.54, 1.807) is 24.4 Å². The van der Waals surface area contributed by atoms with Gasteiger partial charge in [-0.1, -0.05) is 0 Å². The monoisotopic (exact) mass is 225 g/mol. The molecule has 0 aliphatic heterocycles. The number of nitriles is 1. The molecule has 3 N–H and O–H groups in total. The number of rotatable bonds is 3. The second-order valence-electron chi connectivity index (χ2n) is 3.47. The molecule has 0 fully saturated rings. The van der Waals surface area contributed by atoms with Gasteiger partial charge >= 0.3 is 0 Å². The first-order chi connectivity index (χ1) is 8.29. The second kappa shape index (κ2) is 4.94. The van der Waals surface area contributed by atoms with E-state index >= 15 is 0 Å². The van der Waals surface area contributed by atoms with Crippen LogP contribution < -0.4 is 11.1 Å². The van der Waals surface area contributed by atoms with Crippen molar-refractivity contribution in [1.82, 2.24) is 9.97 Å². The summed E-state index contributed by atoms with van der Waals surface area (Å²) in [7, 11) is 0. The molecular formula is C12H11N5. The fourth-order valence-corrected chi connectivity index (χ4v) is 1.40.